The molecule has 0 radical (unpaired) electrons. The lowest BCUT2D eigenvalue weighted by Crippen LogP contribution is -2.21. The van der Waals surface area contributed by atoms with Gasteiger partial charge in [0.1, 0.15) is 0 Å². The van der Waals surface area contributed by atoms with Crippen molar-refractivity contribution in [3.8, 4) is 0 Å². The fourth-order valence-corrected chi connectivity index (χ4v) is 1.76. The van der Waals surface area contributed by atoms with E-state index in [1.165, 1.54) is 0 Å². The average Bonchev–Trinajstić information content (AvgIpc) is 2.28. The topological polar surface area (TPSA) is 29.1 Å². The average molecular weight is 196 g/mol. The Morgan fingerprint density at radius 2 is 2.23 bits per heavy atom. The maximum atomic E-state index is 11.5. The molecule has 1 heterocycles. The van der Waals surface area contributed by atoms with Crippen LogP contribution in [-0.2, 0) is 6.42 Å². The highest BCUT2D eigenvalue weighted by atomic mass is 35.5. The van der Waals surface area contributed by atoms with Gasteiger partial charge in [-0.3, -0.25) is 4.79 Å². The molecule has 1 aliphatic heterocycles. The summed E-state index contributed by atoms with van der Waals surface area (Å²) in [6.45, 7) is 1.29. The van der Waals surface area contributed by atoms with Gasteiger partial charge in [0, 0.05) is 10.6 Å². The lowest BCUT2D eigenvalue weighted by molar-refractivity contribution is 0.0994. The molecule has 3 heteroatoms. The van der Waals surface area contributed by atoms with E-state index in [1.54, 1.807) is 6.07 Å². The zero-order valence-electron chi connectivity index (χ0n) is 7.14. The van der Waals surface area contributed by atoms with E-state index >= 15 is 0 Å². The first-order chi connectivity index (χ1) is 6.27. The number of nitrogens with one attached hydrogen (secondary N) is 1. The van der Waals surface area contributed by atoms with Gasteiger partial charge in [-0.1, -0.05) is 11.6 Å². The van der Waals surface area contributed by atoms with E-state index in [9.17, 15) is 4.79 Å². The Morgan fingerprint density at radius 3 is 3.08 bits per heavy atom. The Kier molecular flexibility index (Phi) is 2.34. The molecule has 2 nitrogen and oxygen atoms in total. The Bertz CT molecular complexity index is 349. The third-order valence-corrected chi connectivity index (χ3v) is 2.46. The van der Waals surface area contributed by atoms with Crippen LogP contribution in [0.2, 0.25) is 5.02 Å². The monoisotopic (exact) mass is 195 g/mol. The van der Waals surface area contributed by atoms with E-state index in [-0.39, 0.29) is 5.78 Å². The van der Waals surface area contributed by atoms with Crippen molar-refractivity contribution in [1.29, 1.82) is 0 Å². The van der Waals surface area contributed by atoms with E-state index in [1.807, 2.05) is 12.1 Å². The summed E-state index contributed by atoms with van der Waals surface area (Å²) >= 11 is 5.85. The van der Waals surface area contributed by atoms with Crippen molar-refractivity contribution < 1.29 is 4.79 Å². The molecule has 0 aromatic heterocycles. The van der Waals surface area contributed by atoms with Gasteiger partial charge in [0.15, 0.2) is 5.78 Å². The van der Waals surface area contributed by atoms with Crippen LogP contribution in [0.5, 0.6) is 0 Å². The first-order valence-corrected chi connectivity index (χ1v) is 4.67. The summed E-state index contributed by atoms with van der Waals surface area (Å²) in [5.41, 5.74) is 1.87. The molecule has 0 saturated heterocycles. The molecule has 68 valence electrons. The molecule has 0 aliphatic carbocycles. The minimum atomic E-state index is 0.157. The molecule has 1 N–H and O–H groups in total. The summed E-state index contributed by atoms with van der Waals surface area (Å²) in [6, 6.07) is 5.46. The van der Waals surface area contributed by atoms with Crippen LogP contribution in [-0.4, -0.2) is 18.9 Å². The van der Waals surface area contributed by atoms with Crippen LogP contribution in [0.4, 0.5) is 0 Å². The van der Waals surface area contributed by atoms with Crippen LogP contribution in [0.1, 0.15) is 15.9 Å². The molecular weight excluding hydrogens is 186 g/mol. The first kappa shape index (κ1) is 8.73. The Morgan fingerprint density at radius 1 is 1.38 bits per heavy atom. The molecule has 0 atom stereocenters. The number of halogens is 1. The van der Waals surface area contributed by atoms with E-state index in [2.05, 4.69) is 5.32 Å². The first-order valence-electron chi connectivity index (χ1n) is 4.30. The molecule has 0 saturated carbocycles. The van der Waals surface area contributed by atoms with Gasteiger partial charge < -0.3 is 5.32 Å². The largest absolute Gasteiger partial charge is 0.309 e. The molecule has 1 aromatic carbocycles. The molecule has 1 aromatic rings. The van der Waals surface area contributed by atoms with Crippen LogP contribution >= 0.6 is 11.6 Å². The van der Waals surface area contributed by atoms with Gasteiger partial charge >= 0.3 is 0 Å². The van der Waals surface area contributed by atoms with E-state index in [0.717, 1.165) is 24.1 Å². The number of benzene rings is 1. The standard InChI is InChI=1S/C10H10ClNO/c11-8-1-2-9-7(5-8)3-4-12-6-10(9)13/h1-2,5,12H,3-4,6H2. The molecule has 2 rings (SSSR count). The lowest BCUT2D eigenvalue weighted by atomic mass is 10.0. The van der Waals surface area contributed by atoms with E-state index < -0.39 is 0 Å². The molecule has 1 aliphatic rings. The summed E-state index contributed by atoms with van der Waals surface area (Å²) in [5.74, 6) is 0.157. The van der Waals surface area contributed by atoms with Gasteiger partial charge in [0.05, 0.1) is 6.54 Å². The van der Waals surface area contributed by atoms with Gasteiger partial charge in [-0.05, 0) is 36.7 Å². The molecule has 0 spiro atoms. The molecular formula is C10H10ClNO. The Labute approximate surface area is 81.9 Å². The molecule has 0 bridgehead atoms. The molecule has 0 fully saturated rings. The van der Waals surface area contributed by atoms with Gasteiger partial charge in [-0.25, -0.2) is 0 Å². The van der Waals surface area contributed by atoms with E-state index in [4.69, 9.17) is 11.6 Å². The highest BCUT2D eigenvalue weighted by molar-refractivity contribution is 6.30. The number of Topliss-reactive ketones (excluding diaryl/α,β-unsaturated/α-hetero) is 1. The van der Waals surface area contributed by atoms with E-state index in [0.29, 0.717) is 11.6 Å². The second-order valence-electron chi connectivity index (χ2n) is 3.15. The summed E-state index contributed by atoms with van der Waals surface area (Å²) in [4.78, 5) is 11.5. The second kappa shape index (κ2) is 3.48. The normalized spacial score (nSPS) is 16.5. The van der Waals surface area contributed by atoms with Crippen molar-refractivity contribution in [3.05, 3.63) is 34.3 Å². The third kappa shape index (κ3) is 1.74. The summed E-state index contributed by atoms with van der Waals surface area (Å²) in [5, 5.41) is 3.77. The van der Waals surface area contributed by atoms with Crippen molar-refractivity contribution in [3.63, 3.8) is 0 Å². The smallest absolute Gasteiger partial charge is 0.176 e. The van der Waals surface area contributed by atoms with Crippen LogP contribution in [0.15, 0.2) is 18.2 Å². The maximum Gasteiger partial charge on any atom is 0.176 e. The minimum Gasteiger partial charge on any atom is -0.309 e. The summed E-state index contributed by atoms with van der Waals surface area (Å²) < 4.78 is 0. The third-order valence-electron chi connectivity index (χ3n) is 2.22. The summed E-state index contributed by atoms with van der Waals surface area (Å²) in [6.07, 6.45) is 0.877. The Balaban J connectivity index is 2.48. The summed E-state index contributed by atoms with van der Waals surface area (Å²) in [7, 11) is 0. The van der Waals surface area contributed by atoms with Crippen molar-refractivity contribution >= 4 is 17.4 Å². The predicted octanol–water partition coefficient (Wildman–Crippen LogP) is 1.67. The molecule has 13 heavy (non-hydrogen) atoms. The second-order valence-corrected chi connectivity index (χ2v) is 3.59. The van der Waals surface area contributed by atoms with Crippen molar-refractivity contribution in [2.75, 3.05) is 13.1 Å². The number of carbonyl (C=O) groups is 1. The van der Waals surface area contributed by atoms with Gasteiger partial charge in [-0.2, -0.15) is 0 Å². The van der Waals surface area contributed by atoms with Crippen molar-refractivity contribution in [1.82, 2.24) is 5.32 Å². The number of ketones is 1. The lowest BCUT2D eigenvalue weighted by Gasteiger charge is -2.03. The molecule has 0 unspecified atom stereocenters. The number of carbonyl (C=O) groups excluding carboxylic acids is 1. The van der Waals surface area contributed by atoms with Crippen molar-refractivity contribution in [2.24, 2.45) is 0 Å². The number of fused-ring (bicyclic) bond motifs is 1. The van der Waals surface area contributed by atoms with Gasteiger partial charge in [0.2, 0.25) is 0 Å². The zero-order valence-corrected chi connectivity index (χ0v) is 7.90. The molecule has 0 amide bonds. The number of hydrogen-bond acceptors (Lipinski definition) is 2. The highest BCUT2D eigenvalue weighted by Gasteiger charge is 2.14. The predicted molar refractivity (Wildman–Crippen MR) is 52.4 cm³/mol. The maximum absolute atomic E-state index is 11.5. The number of rotatable bonds is 0. The minimum absolute atomic E-state index is 0.157. The van der Waals surface area contributed by atoms with Gasteiger partial charge in [-0.15, -0.1) is 0 Å². The fraction of sp³-hybridized carbons (Fsp3) is 0.300. The Hall–Kier alpha value is -0.860. The van der Waals surface area contributed by atoms with Gasteiger partial charge in [0.25, 0.3) is 0 Å². The quantitative estimate of drug-likeness (QED) is 0.683. The van der Waals surface area contributed by atoms with Crippen LogP contribution < -0.4 is 5.32 Å². The fourth-order valence-electron chi connectivity index (χ4n) is 1.56. The van der Waals surface area contributed by atoms with Crippen LogP contribution in [0.25, 0.3) is 0 Å². The van der Waals surface area contributed by atoms with Crippen LogP contribution in [0.3, 0.4) is 0 Å². The van der Waals surface area contributed by atoms with Crippen molar-refractivity contribution in [2.45, 2.75) is 6.42 Å². The van der Waals surface area contributed by atoms with Crippen LogP contribution in [0, 0.1) is 0 Å². The SMILES string of the molecule is O=C1CNCCc2cc(Cl)ccc21. The highest BCUT2D eigenvalue weighted by Crippen LogP contribution is 2.18. The number of hydrogen-bond donors (Lipinski definition) is 1. The zero-order chi connectivity index (χ0) is 9.26.